The number of nitrogens with one attached hydrogen (secondary N) is 1. The number of anilines is 1. The Morgan fingerprint density at radius 2 is 1.76 bits per heavy atom. The number of para-hydroxylation sites is 1. The quantitative estimate of drug-likeness (QED) is 0.886. The van der Waals surface area contributed by atoms with Gasteiger partial charge in [0.2, 0.25) is 0 Å². The van der Waals surface area contributed by atoms with Crippen LogP contribution in [0, 0.1) is 0 Å². The van der Waals surface area contributed by atoms with E-state index in [1.165, 1.54) is 6.26 Å². The standard InChI is InChI=1S/C15H15Cl2NO2S/c1-21(19,20)10-11-4-2-3-5-15(11)18-9-12-8-13(16)6-7-14(12)17/h2-8,18H,9-10H2,1H3. The van der Waals surface area contributed by atoms with Crippen molar-refractivity contribution in [1.29, 1.82) is 0 Å². The zero-order valence-electron chi connectivity index (χ0n) is 11.4. The summed E-state index contributed by atoms with van der Waals surface area (Å²) in [6.45, 7) is 0.472. The van der Waals surface area contributed by atoms with Crippen LogP contribution in [-0.2, 0) is 22.1 Å². The van der Waals surface area contributed by atoms with Crippen LogP contribution in [0.15, 0.2) is 42.5 Å². The minimum absolute atomic E-state index is 0.000544. The summed E-state index contributed by atoms with van der Waals surface area (Å²) in [6, 6.07) is 12.6. The van der Waals surface area contributed by atoms with Crippen LogP contribution in [0.4, 0.5) is 5.69 Å². The second kappa shape index (κ2) is 6.69. The van der Waals surface area contributed by atoms with E-state index >= 15 is 0 Å². The molecule has 0 unspecified atom stereocenters. The highest BCUT2D eigenvalue weighted by molar-refractivity contribution is 7.89. The smallest absolute Gasteiger partial charge is 0.151 e. The van der Waals surface area contributed by atoms with E-state index < -0.39 is 9.84 Å². The molecule has 0 saturated heterocycles. The van der Waals surface area contributed by atoms with Crippen molar-refractivity contribution in [3.8, 4) is 0 Å². The van der Waals surface area contributed by atoms with Gasteiger partial charge in [-0.15, -0.1) is 0 Å². The lowest BCUT2D eigenvalue weighted by atomic mass is 10.1. The van der Waals surface area contributed by atoms with Gasteiger partial charge in [-0.3, -0.25) is 0 Å². The van der Waals surface area contributed by atoms with Crippen molar-refractivity contribution in [2.24, 2.45) is 0 Å². The van der Waals surface area contributed by atoms with Crippen LogP contribution < -0.4 is 5.32 Å². The number of halogens is 2. The van der Waals surface area contributed by atoms with Gasteiger partial charge in [0.15, 0.2) is 9.84 Å². The molecule has 0 amide bonds. The highest BCUT2D eigenvalue weighted by Gasteiger charge is 2.09. The molecule has 0 fully saturated rings. The number of rotatable bonds is 5. The van der Waals surface area contributed by atoms with Crippen molar-refractivity contribution < 1.29 is 8.42 Å². The lowest BCUT2D eigenvalue weighted by Crippen LogP contribution is -2.06. The Hall–Kier alpha value is -1.23. The second-order valence-electron chi connectivity index (χ2n) is 4.82. The summed E-state index contributed by atoms with van der Waals surface area (Å²) in [5, 5.41) is 4.44. The molecule has 1 N–H and O–H groups in total. The number of hydrogen-bond donors (Lipinski definition) is 1. The predicted octanol–water partition coefficient (Wildman–Crippen LogP) is 4.15. The van der Waals surface area contributed by atoms with Crippen LogP contribution in [0.5, 0.6) is 0 Å². The molecule has 0 radical (unpaired) electrons. The largest absolute Gasteiger partial charge is 0.381 e. The molecule has 21 heavy (non-hydrogen) atoms. The van der Waals surface area contributed by atoms with E-state index in [2.05, 4.69) is 5.32 Å². The Bertz CT molecular complexity index is 745. The van der Waals surface area contributed by atoms with Crippen molar-refractivity contribution in [2.45, 2.75) is 12.3 Å². The maximum absolute atomic E-state index is 11.5. The Labute approximate surface area is 134 Å². The van der Waals surface area contributed by atoms with Crippen LogP contribution in [0.25, 0.3) is 0 Å². The summed E-state index contributed by atoms with van der Waals surface area (Å²) in [5.74, 6) is -0.000544. The van der Waals surface area contributed by atoms with Crippen molar-refractivity contribution in [3.05, 3.63) is 63.6 Å². The van der Waals surface area contributed by atoms with Gasteiger partial charge in [-0.05, 0) is 35.4 Å². The summed E-state index contributed by atoms with van der Waals surface area (Å²) >= 11 is 12.1. The zero-order valence-corrected chi connectivity index (χ0v) is 13.8. The Balaban J connectivity index is 2.18. The predicted molar refractivity (Wildman–Crippen MR) is 88.8 cm³/mol. The summed E-state index contributed by atoms with van der Waals surface area (Å²) in [6.07, 6.45) is 1.22. The van der Waals surface area contributed by atoms with Crippen molar-refractivity contribution in [2.75, 3.05) is 11.6 Å². The normalized spacial score (nSPS) is 11.4. The first kappa shape index (κ1) is 16.1. The van der Waals surface area contributed by atoms with Gasteiger partial charge in [-0.1, -0.05) is 41.4 Å². The van der Waals surface area contributed by atoms with Crippen LogP contribution >= 0.6 is 23.2 Å². The van der Waals surface area contributed by atoms with E-state index in [4.69, 9.17) is 23.2 Å². The van der Waals surface area contributed by atoms with E-state index in [-0.39, 0.29) is 5.75 Å². The molecule has 0 spiro atoms. The molecule has 0 aromatic heterocycles. The SMILES string of the molecule is CS(=O)(=O)Cc1ccccc1NCc1cc(Cl)ccc1Cl. The number of hydrogen-bond acceptors (Lipinski definition) is 3. The monoisotopic (exact) mass is 343 g/mol. The van der Waals surface area contributed by atoms with Gasteiger partial charge in [0.1, 0.15) is 0 Å². The van der Waals surface area contributed by atoms with Gasteiger partial charge in [-0.2, -0.15) is 0 Å². The van der Waals surface area contributed by atoms with Gasteiger partial charge in [0.05, 0.1) is 5.75 Å². The van der Waals surface area contributed by atoms with Gasteiger partial charge in [-0.25, -0.2) is 8.42 Å². The maximum atomic E-state index is 11.5. The lowest BCUT2D eigenvalue weighted by molar-refractivity contribution is 0.601. The minimum Gasteiger partial charge on any atom is -0.381 e. The third-order valence-electron chi connectivity index (χ3n) is 2.91. The summed E-state index contributed by atoms with van der Waals surface area (Å²) < 4.78 is 22.9. The fourth-order valence-electron chi connectivity index (χ4n) is 1.97. The molecule has 2 aromatic carbocycles. The Morgan fingerprint density at radius 1 is 1.05 bits per heavy atom. The summed E-state index contributed by atoms with van der Waals surface area (Å²) in [5.41, 5.74) is 2.37. The molecule has 2 aromatic rings. The van der Waals surface area contributed by atoms with E-state index in [0.29, 0.717) is 16.6 Å². The van der Waals surface area contributed by atoms with E-state index in [0.717, 1.165) is 16.8 Å². The highest BCUT2D eigenvalue weighted by Crippen LogP contribution is 2.23. The van der Waals surface area contributed by atoms with E-state index in [1.54, 1.807) is 24.3 Å². The molecule has 0 bridgehead atoms. The van der Waals surface area contributed by atoms with Gasteiger partial charge in [0.25, 0.3) is 0 Å². The topological polar surface area (TPSA) is 46.2 Å². The Kier molecular flexibility index (Phi) is 5.14. The molecule has 0 aliphatic heterocycles. The van der Waals surface area contributed by atoms with E-state index in [1.807, 2.05) is 18.2 Å². The first-order valence-corrected chi connectivity index (χ1v) is 9.10. The van der Waals surface area contributed by atoms with Crippen molar-refractivity contribution in [1.82, 2.24) is 0 Å². The van der Waals surface area contributed by atoms with Gasteiger partial charge < -0.3 is 5.32 Å². The summed E-state index contributed by atoms with van der Waals surface area (Å²) in [4.78, 5) is 0. The molecule has 0 aliphatic carbocycles. The molecular weight excluding hydrogens is 329 g/mol. The molecule has 0 saturated carbocycles. The number of sulfone groups is 1. The van der Waals surface area contributed by atoms with Gasteiger partial charge in [0, 0.05) is 28.5 Å². The maximum Gasteiger partial charge on any atom is 0.151 e. The first-order valence-electron chi connectivity index (χ1n) is 6.28. The van der Waals surface area contributed by atoms with Crippen LogP contribution in [-0.4, -0.2) is 14.7 Å². The van der Waals surface area contributed by atoms with Crippen LogP contribution in [0.2, 0.25) is 10.0 Å². The zero-order chi connectivity index (χ0) is 15.5. The Morgan fingerprint density at radius 3 is 2.48 bits per heavy atom. The fourth-order valence-corrected chi connectivity index (χ4v) is 3.17. The van der Waals surface area contributed by atoms with Crippen molar-refractivity contribution >= 4 is 38.7 Å². The van der Waals surface area contributed by atoms with Crippen LogP contribution in [0.1, 0.15) is 11.1 Å². The lowest BCUT2D eigenvalue weighted by Gasteiger charge is -2.12. The molecule has 0 aliphatic rings. The second-order valence-corrected chi connectivity index (χ2v) is 7.80. The molecule has 0 atom stereocenters. The van der Waals surface area contributed by atoms with E-state index in [9.17, 15) is 8.42 Å². The first-order chi connectivity index (χ1) is 9.85. The summed E-state index contributed by atoms with van der Waals surface area (Å²) in [7, 11) is -3.08. The van der Waals surface area contributed by atoms with Crippen molar-refractivity contribution in [3.63, 3.8) is 0 Å². The van der Waals surface area contributed by atoms with Gasteiger partial charge >= 0.3 is 0 Å². The fraction of sp³-hybridized carbons (Fsp3) is 0.200. The molecule has 0 heterocycles. The average molecular weight is 344 g/mol. The third-order valence-corrected chi connectivity index (χ3v) is 4.35. The van der Waals surface area contributed by atoms with Crippen LogP contribution in [0.3, 0.4) is 0 Å². The molecule has 3 nitrogen and oxygen atoms in total. The highest BCUT2D eigenvalue weighted by atomic mass is 35.5. The molecule has 6 heteroatoms. The third kappa shape index (κ3) is 4.92. The molecule has 2 rings (SSSR count). The number of benzene rings is 2. The average Bonchev–Trinajstić information content (AvgIpc) is 2.39. The minimum atomic E-state index is -3.08. The molecule has 112 valence electrons. The molecular formula is C15H15Cl2NO2S.